The maximum Gasteiger partial charge on any atom is 0.326 e. The van der Waals surface area contributed by atoms with Crippen LogP contribution in [0.1, 0.15) is 97.8 Å². The first-order valence-electron chi connectivity index (χ1n) is 21.0. The van der Waals surface area contributed by atoms with Crippen LogP contribution < -0.4 is 19.5 Å². The number of esters is 1. The number of aliphatic hydroxyl groups excluding tert-OH is 1. The van der Waals surface area contributed by atoms with Crippen LogP contribution >= 0.6 is 23.4 Å². The first kappa shape index (κ1) is 42.5. The van der Waals surface area contributed by atoms with E-state index in [2.05, 4.69) is 38.2 Å². The van der Waals surface area contributed by atoms with E-state index in [0.717, 1.165) is 28.1 Å². The number of hydrogen-bond donors (Lipinski definition) is 2. The number of hydrogen-bond acceptors (Lipinski definition) is 10. The number of carbonyl (C=O) groups is 3. The lowest BCUT2D eigenvalue weighted by molar-refractivity contribution is -0.196. The summed E-state index contributed by atoms with van der Waals surface area (Å²) in [5, 5.41) is 11.8. The number of benzene rings is 2. The Morgan fingerprint density at radius 3 is 2.52 bits per heavy atom. The zero-order chi connectivity index (χ0) is 42.9. The highest BCUT2D eigenvalue weighted by molar-refractivity contribution is 8.00. The van der Waals surface area contributed by atoms with Gasteiger partial charge in [-0.1, -0.05) is 41.5 Å². The van der Waals surface area contributed by atoms with Crippen molar-refractivity contribution < 1.29 is 38.4 Å². The Kier molecular flexibility index (Phi) is 11.1. The minimum atomic E-state index is -1.52. The van der Waals surface area contributed by atoms with Gasteiger partial charge in [0.25, 0.3) is 0 Å². The largest absolute Gasteiger partial charge is 0.482 e. The number of carbonyl (C=O) groups excluding carboxylic acids is 3. The number of allylic oxidation sites excluding steroid dienone is 4. The second kappa shape index (κ2) is 15.6. The van der Waals surface area contributed by atoms with Crippen molar-refractivity contribution in [1.29, 1.82) is 0 Å². The highest BCUT2D eigenvalue weighted by Crippen LogP contribution is 2.73. The van der Waals surface area contributed by atoms with Gasteiger partial charge in [0, 0.05) is 46.1 Å². The Morgan fingerprint density at radius 2 is 1.80 bits per heavy atom. The third-order valence-electron chi connectivity index (χ3n) is 13.1. The highest BCUT2D eigenvalue weighted by Gasteiger charge is 2.85. The number of ether oxygens (including phenoxy) is 4. The molecule has 7 atom stereocenters. The molecule has 3 aliphatic carbocycles. The van der Waals surface area contributed by atoms with E-state index in [4.69, 9.17) is 35.5 Å². The molecular formula is C48H55ClN2O8S. The van der Waals surface area contributed by atoms with Crippen LogP contribution in [0.4, 0.5) is 5.69 Å². The molecule has 7 aliphatic rings. The predicted molar refractivity (Wildman–Crippen MR) is 235 cm³/mol. The van der Waals surface area contributed by atoms with Crippen molar-refractivity contribution in [3.05, 3.63) is 82.0 Å². The van der Waals surface area contributed by atoms with Gasteiger partial charge in [0.05, 0.1) is 40.7 Å². The van der Waals surface area contributed by atoms with Gasteiger partial charge in [0.15, 0.2) is 22.7 Å². The van der Waals surface area contributed by atoms with E-state index in [0.29, 0.717) is 53.2 Å². The van der Waals surface area contributed by atoms with Gasteiger partial charge in [-0.3, -0.25) is 19.4 Å². The maximum atomic E-state index is 15.6. The molecule has 4 aliphatic heterocycles. The molecule has 3 saturated carbocycles. The van der Waals surface area contributed by atoms with Crippen LogP contribution in [0, 0.1) is 17.8 Å². The molecule has 60 heavy (non-hydrogen) atoms. The second-order valence-corrected chi connectivity index (χ2v) is 19.7. The smallest absolute Gasteiger partial charge is 0.326 e. The summed E-state index contributed by atoms with van der Waals surface area (Å²) < 4.78 is 28.5. The number of halogens is 1. The van der Waals surface area contributed by atoms with Crippen LogP contribution in [-0.4, -0.2) is 75.2 Å². The minimum absolute atomic E-state index is 0.0521. The van der Waals surface area contributed by atoms with E-state index in [1.165, 1.54) is 5.57 Å². The van der Waals surface area contributed by atoms with Gasteiger partial charge in [0.1, 0.15) is 23.0 Å². The molecule has 2 aromatic carbocycles. The molecular weight excluding hydrogens is 800 g/mol. The SMILES string of the molecule is CC(C)=CCCC1(C)C=Cc2c(c(CC=C(C)C)c3c(c2OC(=O)CCl)C2=Nc4ccccc4SC4C5CC6C(C)(C)OC(CC=C(C)C(=O)NCCO)(C5=O)C6(O3)C24)O1. The number of aliphatic imine (C=N–C) groups is 1. The zero-order valence-electron chi connectivity index (χ0n) is 35.7. The van der Waals surface area contributed by atoms with E-state index < -0.39 is 40.2 Å². The van der Waals surface area contributed by atoms with E-state index in [-0.39, 0.29) is 54.1 Å². The van der Waals surface area contributed by atoms with E-state index in [1.54, 1.807) is 24.8 Å². The van der Waals surface area contributed by atoms with Crippen LogP contribution in [0.3, 0.4) is 0 Å². The normalized spacial score (nSPS) is 29.7. The van der Waals surface area contributed by atoms with Gasteiger partial charge >= 0.3 is 5.97 Å². The molecule has 9 rings (SSSR count). The van der Waals surface area contributed by atoms with Crippen molar-refractivity contribution in [3.8, 4) is 17.2 Å². The molecule has 1 spiro atoms. The third kappa shape index (κ3) is 6.70. The number of amides is 1. The number of aliphatic hydroxyl groups is 1. The topological polar surface area (TPSA) is 133 Å². The highest BCUT2D eigenvalue weighted by atomic mass is 35.5. The first-order chi connectivity index (χ1) is 28.5. The fourth-order valence-electron chi connectivity index (χ4n) is 10.5. The number of nitrogens with zero attached hydrogens (tertiary/aromatic N) is 1. The summed E-state index contributed by atoms with van der Waals surface area (Å²) in [4.78, 5) is 48.7. The van der Waals surface area contributed by atoms with Crippen LogP contribution in [0.15, 0.2) is 75.2 Å². The van der Waals surface area contributed by atoms with Crippen LogP contribution in [0.2, 0.25) is 0 Å². The molecule has 318 valence electrons. The van der Waals surface area contributed by atoms with Crippen molar-refractivity contribution in [3.63, 3.8) is 0 Å². The molecule has 0 aromatic heterocycles. The van der Waals surface area contributed by atoms with Gasteiger partial charge in [-0.15, -0.1) is 23.4 Å². The number of rotatable bonds is 12. The monoisotopic (exact) mass is 854 g/mol. The van der Waals surface area contributed by atoms with Gasteiger partial charge < -0.3 is 29.4 Å². The summed E-state index contributed by atoms with van der Waals surface area (Å²) in [7, 11) is 0. The van der Waals surface area contributed by atoms with Crippen LogP contribution in [0.5, 0.6) is 17.2 Å². The summed E-state index contributed by atoms with van der Waals surface area (Å²) in [6.07, 6.45) is 12.7. The fourth-order valence-corrected chi connectivity index (χ4v) is 12.1. The second-order valence-electron chi connectivity index (χ2n) is 18.2. The van der Waals surface area contributed by atoms with Gasteiger partial charge in [-0.2, -0.15) is 0 Å². The number of para-hydroxylation sites is 1. The molecule has 2 N–H and O–H groups in total. The minimum Gasteiger partial charge on any atom is -0.482 e. The average molecular weight is 855 g/mol. The summed E-state index contributed by atoms with van der Waals surface area (Å²) >= 11 is 7.84. The number of Topliss-reactive ketones (excluding diaryl/α,β-unsaturated/α-hetero) is 1. The molecule has 0 radical (unpaired) electrons. The fraction of sp³-hybridized carbons (Fsp3) is 0.500. The van der Waals surface area contributed by atoms with Crippen molar-refractivity contribution in [2.75, 3.05) is 19.0 Å². The molecule has 1 amide bonds. The van der Waals surface area contributed by atoms with Gasteiger partial charge in [-0.25, -0.2) is 0 Å². The number of thioether (sulfide) groups is 1. The van der Waals surface area contributed by atoms with Crippen molar-refractivity contribution in [2.45, 2.75) is 120 Å². The number of ketones is 1. The Labute approximate surface area is 361 Å². The van der Waals surface area contributed by atoms with Crippen LogP contribution in [0.25, 0.3) is 6.08 Å². The molecule has 2 aromatic rings. The molecule has 7 unspecified atom stereocenters. The predicted octanol–water partition coefficient (Wildman–Crippen LogP) is 8.80. The lowest BCUT2D eigenvalue weighted by atomic mass is 9.46. The zero-order valence-corrected chi connectivity index (χ0v) is 37.3. The molecule has 4 fully saturated rings. The molecule has 12 heteroatoms. The van der Waals surface area contributed by atoms with Crippen molar-refractivity contribution >= 4 is 58.5 Å². The Morgan fingerprint density at radius 1 is 1.05 bits per heavy atom. The lowest BCUT2D eigenvalue weighted by Gasteiger charge is -2.63. The Hall–Kier alpha value is -4.16. The number of fused-ring (bicyclic) bond motifs is 4. The molecule has 10 nitrogen and oxygen atoms in total. The Balaban J connectivity index is 1.45. The average Bonchev–Trinajstić information content (AvgIpc) is 3.28. The molecule has 1 saturated heterocycles. The van der Waals surface area contributed by atoms with Gasteiger partial charge in [0.2, 0.25) is 5.91 Å². The summed E-state index contributed by atoms with van der Waals surface area (Å²) in [6.45, 7) is 16.0. The number of nitrogens with one attached hydrogen (secondary N) is 1. The summed E-state index contributed by atoms with van der Waals surface area (Å²) in [5.41, 5.74) is 1.67. The van der Waals surface area contributed by atoms with Gasteiger partial charge in [-0.05, 0) is 105 Å². The maximum absolute atomic E-state index is 15.6. The van der Waals surface area contributed by atoms with E-state index in [9.17, 15) is 14.7 Å². The summed E-state index contributed by atoms with van der Waals surface area (Å²) in [6, 6.07) is 7.96. The molecule has 4 heterocycles. The van der Waals surface area contributed by atoms with E-state index in [1.807, 2.05) is 64.1 Å². The lowest BCUT2D eigenvalue weighted by Crippen LogP contribution is -2.79. The summed E-state index contributed by atoms with van der Waals surface area (Å²) in [5.74, 6) is -1.38. The first-order valence-corrected chi connectivity index (χ1v) is 22.4. The van der Waals surface area contributed by atoms with Crippen LogP contribution in [-0.2, 0) is 25.5 Å². The third-order valence-corrected chi connectivity index (χ3v) is 14.8. The molecule has 4 bridgehead atoms. The Bertz CT molecular complexity index is 2320. The van der Waals surface area contributed by atoms with E-state index >= 15 is 4.79 Å². The standard InChI is InChI=1S/C48H55ClN2O8S/c1-26(2)12-11-19-46(8)20-18-30-39(57-46)29(16-15-27(3)4)41-36(40(30)56-35(53)25-49)38-37-42(60-33-14-10-9-13-32(33)51-38)31-24-34-45(6,7)59-47(43(31)54,48(34,37)58-41)21-17-28(5)44(55)50-22-23-52/h9-10,12-15,17-18,20,31,34,37,42,52H,11,16,19,21-25H2,1-8H3,(H,50,55). The van der Waals surface area contributed by atoms with Crippen molar-refractivity contribution in [1.82, 2.24) is 5.32 Å². The quantitative estimate of drug-likeness (QED) is 0.0707. The number of alkyl halides is 1. The van der Waals surface area contributed by atoms with Crippen molar-refractivity contribution in [2.24, 2.45) is 22.7 Å².